The standard InChI is InChI=1S/2C4H6O2.3C3H8O3/c2*1-3(2)4(5)6;3*4-1-3(6)2-5/h2*1H2,2H3,(H,5,6);3*3-6H,1-2H2. The summed E-state index contributed by atoms with van der Waals surface area (Å²) in [4.78, 5) is 19.2. The molecule has 13 heteroatoms. The molecule has 0 saturated heterocycles. The molecule has 0 aromatic carbocycles. The van der Waals surface area contributed by atoms with E-state index in [1.807, 2.05) is 0 Å². The van der Waals surface area contributed by atoms with Crippen LogP contribution < -0.4 is 0 Å². The third kappa shape index (κ3) is 50.2. The number of carbonyl (C=O) groups is 2. The Hall–Kier alpha value is -1.94. The highest BCUT2D eigenvalue weighted by atomic mass is 16.4. The van der Waals surface area contributed by atoms with Crippen LogP contribution in [0.1, 0.15) is 13.8 Å². The molecule has 0 fully saturated rings. The van der Waals surface area contributed by atoms with Crippen molar-refractivity contribution in [2.75, 3.05) is 39.6 Å². The van der Waals surface area contributed by atoms with Crippen LogP contribution in [0.3, 0.4) is 0 Å². The number of aliphatic carboxylic acids is 2. The van der Waals surface area contributed by atoms with E-state index < -0.39 is 30.3 Å². The minimum Gasteiger partial charge on any atom is -0.478 e. The summed E-state index contributed by atoms with van der Waals surface area (Å²) >= 11 is 0. The largest absolute Gasteiger partial charge is 0.478 e. The van der Waals surface area contributed by atoms with Gasteiger partial charge in [0.15, 0.2) is 0 Å². The first-order valence-corrected chi connectivity index (χ1v) is 8.18. The van der Waals surface area contributed by atoms with Crippen molar-refractivity contribution in [1.82, 2.24) is 0 Å². The molecule has 0 unspecified atom stereocenters. The Balaban J connectivity index is -0.0000000868. The fraction of sp³-hybridized carbons (Fsp3) is 0.647. The molecule has 0 amide bonds. The van der Waals surface area contributed by atoms with Crippen molar-refractivity contribution in [3.05, 3.63) is 24.3 Å². The highest BCUT2D eigenvalue weighted by Crippen LogP contribution is 1.81. The van der Waals surface area contributed by atoms with Crippen molar-refractivity contribution in [1.29, 1.82) is 0 Å². The molecule has 13 nitrogen and oxygen atoms in total. The van der Waals surface area contributed by atoms with Gasteiger partial charge in [-0.05, 0) is 13.8 Å². The second-order valence-electron chi connectivity index (χ2n) is 5.23. The van der Waals surface area contributed by atoms with E-state index in [-0.39, 0.29) is 50.8 Å². The summed E-state index contributed by atoms with van der Waals surface area (Å²) in [7, 11) is 0. The molecule has 0 rings (SSSR count). The molecule has 0 saturated carbocycles. The minimum atomic E-state index is -0.954. The summed E-state index contributed by atoms with van der Waals surface area (Å²) in [6, 6.07) is 0. The van der Waals surface area contributed by atoms with E-state index in [4.69, 9.17) is 56.2 Å². The first-order valence-electron chi connectivity index (χ1n) is 8.18. The molecule has 182 valence electrons. The molecule has 0 aliphatic rings. The molecule has 0 heterocycles. The van der Waals surface area contributed by atoms with E-state index in [2.05, 4.69) is 13.2 Å². The monoisotopic (exact) mass is 448 g/mol. The molecule has 0 atom stereocenters. The number of aliphatic hydroxyl groups is 9. The molecule has 0 spiro atoms. The Morgan fingerprint density at radius 1 is 0.567 bits per heavy atom. The fourth-order valence-electron chi connectivity index (χ4n) is 0.173. The molecule has 30 heavy (non-hydrogen) atoms. The molecule has 0 aliphatic heterocycles. The van der Waals surface area contributed by atoms with Crippen molar-refractivity contribution >= 4 is 11.9 Å². The van der Waals surface area contributed by atoms with Crippen LogP contribution >= 0.6 is 0 Å². The second kappa shape index (κ2) is 29.3. The van der Waals surface area contributed by atoms with Gasteiger partial charge in [-0.1, -0.05) is 13.2 Å². The van der Waals surface area contributed by atoms with Crippen molar-refractivity contribution in [2.45, 2.75) is 32.2 Å². The average Bonchev–Trinajstić information content (AvgIpc) is 2.73. The summed E-state index contributed by atoms with van der Waals surface area (Å²) < 4.78 is 0. The van der Waals surface area contributed by atoms with Gasteiger partial charge in [0.2, 0.25) is 0 Å². The summed E-state index contributed by atoms with van der Waals surface area (Å²) in [6.45, 7) is 7.02. The predicted octanol–water partition coefficient (Wildman–Crippen LogP) is -3.71. The van der Waals surface area contributed by atoms with Crippen LogP contribution in [0.15, 0.2) is 24.3 Å². The SMILES string of the molecule is C=C(C)C(=O)O.C=C(C)C(=O)O.OCC(O)CO.OCC(O)CO.OCC(O)CO. The van der Waals surface area contributed by atoms with E-state index in [9.17, 15) is 9.59 Å². The van der Waals surface area contributed by atoms with Crippen molar-refractivity contribution in [2.24, 2.45) is 0 Å². The van der Waals surface area contributed by atoms with E-state index >= 15 is 0 Å². The first kappa shape index (κ1) is 38.6. The predicted molar refractivity (Wildman–Crippen MR) is 105 cm³/mol. The zero-order valence-electron chi connectivity index (χ0n) is 17.1. The Morgan fingerprint density at radius 3 is 0.667 bits per heavy atom. The van der Waals surface area contributed by atoms with E-state index in [1.54, 1.807) is 0 Å². The van der Waals surface area contributed by atoms with Gasteiger partial charge >= 0.3 is 11.9 Å². The van der Waals surface area contributed by atoms with E-state index in [1.165, 1.54) is 13.8 Å². The van der Waals surface area contributed by atoms with Crippen LogP contribution in [0, 0.1) is 0 Å². The quantitative estimate of drug-likeness (QED) is 0.160. The molecule has 11 N–H and O–H groups in total. The van der Waals surface area contributed by atoms with Gasteiger partial charge in [-0.15, -0.1) is 0 Å². The maximum Gasteiger partial charge on any atom is 0.330 e. The van der Waals surface area contributed by atoms with Crippen LogP contribution in [0.25, 0.3) is 0 Å². The Morgan fingerprint density at radius 2 is 0.667 bits per heavy atom. The highest BCUT2D eigenvalue weighted by Gasteiger charge is 1.95. The van der Waals surface area contributed by atoms with Crippen LogP contribution in [0.4, 0.5) is 0 Å². The molecule has 0 aliphatic carbocycles. The van der Waals surface area contributed by atoms with Gasteiger partial charge in [0.1, 0.15) is 18.3 Å². The lowest BCUT2D eigenvalue weighted by molar-refractivity contribution is -0.133. The zero-order chi connectivity index (χ0) is 25.3. The second-order valence-corrected chi connectivity index (χ2v) is 5.23. The molecule has 0 aromatic rings. The normalized spacial score (nSPS) is 9.00. The zero-order valence-corrected chi connectivity index (χ0v) is 17.1. The minimum absolute atomic E-state index is 0.176. The van der Waals surface area contributed by atoms with E-state index in [0.29, 0.717) is 0 Å². The summed E-state index contributed by atoms with van der Waals surface area (Å²) in [6.07, 6.45) is -2.86. The molecule has 0 aromatic heterocycles. The van der Waals surface area contributed by atoms with Crippen LogP contribution in [-0.4, -0.2) is 126 Å². The number of hydrogen-bond donors (Lipinski definition) is 11. The van der Waals surface area contributed by atoms with Crippen LogP contribution in [-0.2, 0) is 9.59 Å². The topological polar surface area (TPSA) is 257 Å². The van der Waals surface area contributed by atoms with Gasteiger partial charge in [-0.25, -0.2) is 9.59 Å². The van der Waals surface area contributed by atoms with Crippen LogP contribution in [0.5, 0.6) is 0 Å². The summed E-state index contributed by atoms with van der Waals surface area (Å²) in [5.41, 5.74) is 0.352. The maximum absolute atomic E-state index is 9.60. The highest BCUT2D eigenvalue weighted by molar-refractivity contribution is 5.85. The number of aliphatic hydroxyl groups excluding tert-OH is 9. The molecular weight excluding hydrogens is 412 g/mol. The lowest BCUT2D eigenvalue weighted by atomic mass is 10.4. The Kier molecular flexibility index (Phi) is 37.7. The lowest BCUT2D eigenvalue weighted by Gasteiger charge is -1.96. The average molecular weight is 448 g/mol. The van der Waals surface area contributed by atoms with Gasteiger partial charge in [0.05, 0.1) is 39.6 Å². The van der Waals surface area contributed by atoms with Gasteiger partial charge in [-0.2, -0.15) is 0 Å². The number of carboxylic acids is 2. The number of rotatable bonds is 8. The molecule has 0 radical (unpaired) electrons. The molecular formula is C17H36O13. The van der Waals surface area contributed by atoms with Crippen molar-refractivity contribution in [3.8, 4) is 0 Å². The smallest absolute Gasteiger partial charge is 0.330 e. The van der Waals surface area contributed by atoms with Crippen molar-refractivity contribution in [3.63, 3.8) is 0 Å². The van der Waals surface area contributed by atoms with Gasteiger partial charge < -0.3 is 56.2 Å². The summed E-state index contributed by atoms with van der Waals surface area (Å²) in [5.74, 6) is -1.87. The Labute approximate surface area is 174 Å². The Bertz CT molecular complexity index is 342. The summed E-state index contributed by atoms with van der Waals surface area (Å²) in [5, 5.41) is 87.8. The van der Waals surface area contributed by atoms with E-state index in [0.717, 1.165) is 0 Å². The van der Waals surface area contributed by atoms with Crippen molar-refractivity contribution < 1.29 is 65.8 Å². The maximum atomic E-state index is 9.60. The number of carboxylic acid groups (broad SMARTS) is 2. The number of hydrogen-bond acceptors (Lipinski definition) is 11. The van der Waals surface area contributed by atoms with Gasteiger partial charge in [0, 0.05) is 11.1 Å². The van der Waals surface area contributed by atoms with Crippen LogP contribution in [0.2, 0.25) is 0 Å². The van der Waals surface area contributed by atoms with Gasteiger partial charge in [-0.3, -0.25) is 0 Å². The fourth-order valence-corrected chi connectivity index (χ4v) is 0.173. The van der Waals surface area contributed by atoms with Gasteiger partial charge in [0.25, 0.3) is 0 Å². The third-order valence-electron chi connectivity index (χ3n) is 1.99. The first-order chi connectivity index (χ1) is 13.7. The third-order valence-corrected chi connectivity index (χ3v) is 1.99. The molecule has 0 bridgehead atoms. The lowest BCUT2D eigenvalue weighted by Crippen LogP contribution is -2.15.